The van der Waals surface area contributed by atoms with Crippen LogP contribution in [0.4, 0.5) is 0 Å². The van der Waals surface area contributed by atoms with Crippen molar-refractivity contribution in [2.75, 3.05) is 26.2 Å². The molecule has 0 N–H and O–H groups in total. The van der Waals surface area contributed by atoms with E-state index in [0.29, 0.717) is 31.3 Å². The third-order valence-corrected chi connectivity index (χ3v) is 5.63. The van der Waals surface area contributed by atoms with Crippen LogP contribution in [0.5, 0.6) is 0 Å². The predicted octanol–water partition coefficient (Wildman–Crippen LogP) is 3.62. The first-order valence-electron chi connectivity index (χ1n) is 9.99. The number of hydrogen-bond donors (Lipinski definition) is 0. The van der Waals surface area contributed by atoms with Crippen molar-refractivity contribution in [3.63, 3.8) is 0 Å². The number of aromatic nitrogens is 2. The Morgan fingerprint density at radius 2 is 1.72 bits per heavy atom. The summed E-state index contributed by atoms with van der Waals surface area (Å²) in [4.78, 5) is 21.6. The van der Waals surface area contributed by atoms with E-state index in [9.17, 15) is 4.79 Å². The minimum Gasteiger partial charge on any atom is -0.338 e. The van der Waals surface area contributed by atoms with Crippen molar-refractivity contribution in [2.45, 2.75) is 27.3 Å². The van der Waals surface area contributed by atoms with Gasteiger partial charge in [-0.1, -0.05) is 47.1 Å². The molecule has 0 saturated carbocycles. The summed E-state index contributed by atoms with van der Waals surface area (Å²) in [5.74, 6) is 1.34. The molecule has 29 heavy (non-hydrogen) atoms. The Hall–Kier alpha value is -2.99. The van der Waals surface area contributed by atoms with E-state index in [1.54, 1.807) is 0 Å². The Morgan fingerprint density at radius 1 is 1.00 bits per heavy atom. The molecular weight excluding hydrogens is 364 g/mol. The van der Waals surface area contributed by atoms with Crippen molar-refractivity contribution in [3.05, 3.63) is 70.6 Å². The Morgan fingerprint density at radius 3 is 2.45 bits per heavy atom. The largest absolute Gasteiger partial charge is 0.338 e. The zero-order valence-corrected chi connectivity index (χ0v) is 17.2. The summed E-state index contributed by atoms with van der Waals surface area (Å²) in [6.45, 7) is 9.69. The topological polar surface area (TPSA) is 62.5 Å². The number of amides is 1. The van der Waals surface area contributed by atoms with Crippen molar-refractivity contribution in [2.24, 2.45) is 0 Å². The molecule has 0 unspecified atom stereocenters. The quantitative estimate of drug-likeness (QED) is 0.681. The molecule has 1 fully saturated rings. The fourth-order valence-corrected chi connectivity index (χ4v) is 3.59. The minimum atomic E-state index is 0.116. The standard InChI is InChI=1S/C23H26N4O2/c1-16-7-9-19(10-8-16)22-24-21(29-25-22)15-26-11-13-27(14-12-26)23(28)20-6-4-5-17(2)18(20)3/h4-10H,11-15H2,1-3H3. The Labute approximate surface area is 171 Å². The van der Waals surface area contributed by atoms with Gasteiger partial charge in [0.2, 0.25) is 11.7 Å². The van der Waals surface area contributed by atoms with Crippen LogP contribution >= 0.6 is 0 Å². The van der Waals surface area contributed by atoms with Gasteiger partial charge in [-0.3, -0.25) is 9.69 Å². The smallest absolute Gasteiger partial charge is 0.254 e. The molecule has 0 spiro atoms. The molecule has 1 saturated heterocycles. The maximum atomic E-state index is 12.9. The maximum Gasteiger partial charge on any atom is 0.254 e. The third-order valence-electron chi connectivity index (χ3n) is 5.63. The normalized spacial score (nSPS) is 14.9. The van der Waals surface area contributed by atoms with E-state index < -0.39 is 0 Å². The van der Waals surface area contributed by atoms with Crippen LogP contribution in [-0.4, -0.2) is 52.0 Å². The lowest BCUT2D eigenvalue weighted by Crippen LogP contribution is -2.48. The number of piperazine rings is 1. The molecular formula is C23H26N4O2. The number of rotatable bonds is 4. The van der Waals surface area contributed by atoms with Crippen molar-refractivity contribution < 1.29 is 9.32 Å². The average molecular weight is 390 g/mol. The van der Waals surface area contributed by atoms with E-state index in [-0.39, 0.29) is 5.91 Å². The van der Waals surface area contributed by atoms with E-state index in [1.165, 1.54) is 5.56 Å². The molecule has 1 aliphatic heterocycles. The fraction of sp³-hybridized carbons (Fsp3) is 0.348. The maximum absolute atomic E-state index is 12.9. The Bertz CT molecular complexity index is 1000. The summed E-state index contributed by atoms with van der Waals surface area (Å²) in [6.07, 6.45) is 0. The highest BCUT2D eigenvalue weighted by atomic mass is 16.5. The summed E-state index contributed by atoms with van der Waals surface area (Å²) >= 11 is 0. The van der Waals surface area contributed by atoms with Gasteiger partial charge >= 0.3 is 0 Å². The second kappa shape index (κ2) is 8.17. The van der Waals surface area contributed by atoms with Crippen LogP contribution in [-0.2, 0) is 6.54 Å². The third kappa shape index (κ3) is 4.22. The molecule has 150 valence electrons. The zero-order chi connectivity index (χ0) is 20.4. The number of nitrogens with zero attached hydrogens (tertiary/aromatic N) is 4. The number of hydrogen-bond acceptors (Lipinski definition) is 5. The van der Waals surface area contributed by atoms with Crippen LogP contribution in [0, 0.1) is 20.8 Å². The molecule has 3 aromatic rings. The van der Waals surface area contributed by atoms with Gasteiger partial charge in [0.25, 0.3) is 5.91 Å². The molecule has 2 aromatic carbocycles. The molecule has 0 bridgehead atoms. The van der Waals surface area contributed by atoms with Gasteiger partial charge in [-0.15, -0.1) is 0 Å². The van der Waals surface area contributed by atoms with Gasteiger partial charge in [-0.2, -0.15) is 4.98 Å². The van der Waals surface area contributed by atoms with Gasteiger partial charge in [0.1, 0.15) is 0 Å². The van der Waals surface area contributed by atoms with Gasteiger partial charge in [0.15, 0.2) is 0 Å². The van der Waals surface area contributed by atoms with E-state index in [2.05, 4.69) is 22.0 Å². The van der Waals surface area contributed by atoms with Gasteiger partial charge in [0.05, 0.1) is 6.54 Å². The lowest BCUT2D eigenvalue weighted by Gasteiger charge is -2.34. The second-order valence-corrected chi connectivity index (χ2v) is 7.69. The van der Waals surface area contributed by atoms with Crippen molar-refractivity contribution >= 4 is 5.91 Å². The Balaban J connectivity index is 1.35. The highest BCUT2D eigenvalue weighted by Gasteiger charge is 2.24. The van der Waals surface area contributed by atoms with E-state index in [0.717, 1.165) is 35.3 Å². The van der Waals surface area contributed by atoms with Crippen molar-refractivity contribution in [1.29, 1.82) is 0 Å². The minimum absolute atomic E-state index is 0.116. The molecule has 6 heteroatoms. The SMILES string of the molecule is Cc1ccc(-c2noc(CN3CCN(C(=O)c4cccc(C)c4C)CC3)n2)cc1. The monoisotopic (exact) mass is 390 g/mol. The highest BCUT2D eigenvalue weighted by molar-refractivity contribution is 5.96. The van der Waals surface area contributed by atoms with Crippen LogP contribution in [0.15, 0.2) is 47.0 Å². The van der Waals surface area contributed by atoms with Crippen LogP contribution < -0.4 is 0 Å². The predicted molar refractivity (Wildman–Crippen MR) is 112 cm³/mol. The highest BCUT2D eigenvalue weighted by Crippen LogP contribution is 2.19. The molecule has 6 nitrogen and oxygen atoms in total. The second-order valence-electron chi connectivity index (χ2n) is 7.69. The van der Waals surface area contributed by atoms with E-state index >= 15 is 0 Å². The van der Waals surface area contributed by atoms with Crippen LogP contribution in [0.3, 0.4) is 0 Å². The first-order valence-corrected chi connectivity index (χ1v) is 9.99. The number of benzene rings is 2. The van der Waals surface area contributed by atoms with Gasteiger partial charge in [0, 0.05) is 37.3 Å². The molecule has 2 heterocycles. The summed E-state index contributed by atoms with van der Waals surface area (Å²) in [6, 6.07) is 14.0. The van der Waals surface area contributed by atoms with E-state index in [4.69, 9.17) is 4.52 Å². The van der Waals surface area contributed by atoms with E-state index in [1.807, 2.05) is 61.2 Å². The molecule has 0 aliphatic carbocycles. The number of aryl methyl sites for hydroxylation is 2. The number of carbonyl (C=O) groups is 1. The molecule has 1 amide bonds. The lowest BCUT2D eigenvalue weighted by atomic mass is 10.0. The first-order chi connectivity index (χ1) is 14.0. The Kier molecular flexibility index (Phi) is 5.45. The van der Waals surface area contributed by atoms with Crippen molar-refractivity contribution in [3.8, 4) is 11.4 Å². The number of carbonyl (C=O) groups excluding carboxylic acids is 1. The average Bonchev–Trinajstić information content (AvgIpc) is 3.19. The summed E-state index contributed by atoms with van der Waals surface area (Å²) < 4.78 is 5.44. The lowest BCUT2D eigenvalue weighted by molar-refractivity contribution is 0.0614. The van der Waals surface area contributed by atoms with Crippen LogP contribution in [0.1, 0.15) is 32.9 Å². The summed E-state index contributed by atoms with van der Waals surface area (Å²) in [7, 11) is 0. The van der Waals surface area contributed by atoms with Crippen LogP contribution in [0.2, 0.25) is 0 Å². The summed E-state index contributed by atoms with van der Waals surface area (Å²) in [5.41, 5.74) is 5.17. The molecule has 0 atom stereocenters. The zero-order valence-electron chi connectivity index (χ0n) is 17.2. The van der Waals surface area contributed by atoms with Gasteiger partial charge in [-0.25, -0.2) is 0 Å². The first kappa shape index (κ1) is 19.3. The molecule has 1 aromatic heterocycles. The van der Waals surface area contributed by atoms with Gasteiger partial charge in [-0.05, 0) is 38.0 Å². The molecule has 0 radical (unpaired) electrons. The van der Waals surface area contributed by atoms with Crippen molar-refractivity contribution in [1.82, 2.24) is 19.9 Å². The molecule has 1 aliphatic rings. The van der Waals surface area contributed by atoms with Crippen LogP contribution in [0.25, 0.3) is 11.4 Å². The molecule has 4 rings (SSSR count). The summed E-state index contributed by atoms with van der Waals surface area (Å²) in [5, 5.41) is 4.11. The fourth-order valence-electron chi connectivity index (χ4n) is 3.59. The van der Waals surface area contributed by atoms with Gasteiger partial charge < -0.3 is 9.42 Å².